The van der Waals surface area contributed by atoms with Gasteiger partial charge in [0.05, 0.1) is 16.8 Å². The average molecular weight is 449 g/mol. The Morgan fingerprint density at radius 1 is 1.10 bits per heavy atom. The molecule has 0 radical (unpaired) electrons. The van der Waals surface area contributed by atoms with Crippen LogP contribution in [0.2, 0.25) is 0 Å². The van der Waals surface area contributed by atoms with Crippen molar-refractivity contribution in [2.75, 3.05) is 6.61 Å². The number of hydrogen-bond donors (Lipinski definition) is 0. The summed E-state index contributed by atoms with van der Waals surface area (Å²) in [7, 11) is 0. The molecule has 1 aromatic heterocycles. The molecule has 31 heavy (non-hydrogen) atoms. The fraction of sp³-hybridized carbons (Fsp3) is 0.227. The number of halogens is 3. The monoisotopic (exact) mass is 449 g/mol. The number of ether oxygens (including phenoxy) is 1. The fourth-order valence-corrected chi connectivity index (χ4v) is 3.97. The molecule has 0 aliphatic rings. The fourth-order valence-electron chi connectivity index (χ4n) is 2.78. The molecular weight excluding hydrogens is 431 g/mol. The summed E-state index contributed by atoms with van der Waals surface area (Å²) in [5, 5.41) is 3.90. The van der Waals surface area contributed by atoms with Crippen molar-refractivity contribution in [3.05, 3.63) is 82.2 Å². The average Bonchev–Trinajstić information content (AvgIpc) is 3.07. The number of benzene rings is 2. The minimum Gasteiger partial charge on any atom is -0.454 e. The Hall–Kier alpha value is -3.07. The second kappa shape index (κ2) is 9.38. The van der Waals surface area contributed by atoms with Gasteiger partial charge >= 0.3 is 12.1 Å². The molecule has 0 aliphatic carbocycles. The molecule has 0 unspecified atom stereocenters. The van der Waals surface area contributed by atoms with E-state index in [0.29, 0.717) is 16.4 Å². The largest absolute Gasteiger partial charge is 0.454 e. The molecule has 5 nitrogen and oxygen atoms in total. The summed E-state index contributed by atoms with van der Waals surface area (Å²) in [4.78, 5) is 25.4. The topological polar surface area (TPSA) is 69.4 Å². The van der Waals surface area contributed by atoms with Crippen molar-refractivity contribution < 1.29 is 32.0 Å². The van der Waals surface area contributed by atoms with E-state index in [0.717, 1.165) is 29.5 Å². The van der Waals surface area contributed by atoms with E-state index in [4.69, 9.17) is 9.26 Å². The van der Waals surface area contributed by atoms with E-state index in [1.54, 1.807) is 31.2 Å². The van der Waals surface area contributed by atoms with Crippen molar-refractivity contribution >= 4 is 23.5 Å². The Bertz CT molecular complexity index is 1090. The Labute approximate surface area is 180 Å². The van der Waals surface area contributed by atoms with Gasteiger partial charge in [-0.2, -0.15) is 13.2 Å². The van der Waals surface area contributed by atoms with Crippen LogP contribution in [-0.2, 0) is 16.7 Å². The van der Waals surface area contributed by atoms with Gasteiger partial charge in [0, 0.05) is 21.8 Å². The molecule has 0 atom stereocenters. The summed E-state index contributed by atoms with van der Waals surface area (Å²) in [5.41, 5.74) is 0.829. The van der Waals surface area contributed by atoms with Crippen molar-refractivity contribution in [1.29, 1.82) is 0 Å². The van der Waals surface area contributed by atoms with Gasteiger partial charge in [0.1, 0.15) is 5.76 Å². The second-order valence-corrected chi connectivity index (χ2v) is 7.68. The maximum Gasteiger partial charge on any atom is 0.416 e. The number of aromatic nitrogens is 1. The van der Waals surface area contributed by atoms with E-state index in [2.05, 4.69) is 5.16 Å². The molecule has 3 rings (SSSR count). The van der Waals surface area contributed by atoms with Crippen molar-refractivity contribution in [3.8, 4) is 0 Å². The standard InChI is InChI=1S/C22H18F3NO4S/c1-13-18(14(2)30-26-13)12-31-20-9-4-3-8-17(20)21(28)29-11-19(27)15-6-5-7-16(10-15)22(23,24)25/h3-10H,11-12H2,1-2H3. The molecule has 0 N–H and O–H groups in total. The molecule has 9 heteroatoms. The van der Waals surface area contributed by atoms with Gasteiger partial charge < -0.3 is 9.26 Å². The Balaban J connectivity index is 1.67. The second-order valence-electron chi connectivity index (χ2n) is 6.67. The first kappa shape index (κ1) is 22.6. The SMILES string of the molecule is Cc1noc(C)c1CSc1ccccc1C(=O)OCC(=O)c1cccc(C(F)(F)F)c1. The Morgan fingerprint density at radius 2 is 1.84 bits per heavy atom. The third kappa shape index (κ3) is 5.55. The van der Waals surface area contributed by atoms with Crippen LogP contribution < -0.4 is 0 Å². The summed E-state index contributed by atoms with van der Waals surface area (Å²) in [6.07, 6.45) is -4.57. The molecule has 0 spiro atoms. The summed E-state index contributed by atoms with van der Waals surface area (Å²) < 4.78 is 48.7. The molecule has 162 valence electrons. The third-order valence-corrected chi connectivity index (χ3v) is 5.61. The van der Waals surface area contributed by atoms with Crippen LogP contribution in [0.1, 0.15) is 43.3 Å². The highest BCUT2D eigenvalue weighted by Crippen LogP contribution is 2.30. The number of esters is 1. The normalized spacial score (nSPS) is 11.4. The zero-order chi connectivity index (χ0) is 22.6. The molecule has 3 aromatic rings. The highest BCUT2D eigenvalue weighted by molar-refractivity contribution is 7.98. The van der Waals surface area contributed by atoms with Crippen LogP contribution in [0, 0.1) is 13.8 Å². The zero-order valence-corrected chi connectivity index (χ0v) is 17.5. The van der Waals surface area contributed by atoms with E-state index < -0.39 is 30.1 Å². The van der Waals surface area contributed by atoms with Gasteiger partial charge in [0.25, 0.3) is 0 Å². The van der Waals surface area contributed by atoms with E-state index >= 15 is 0 Å². The van der Waals surface area contributed by atoms with Gasteiger partial charge in [0.15, 0.2) is 12.4 Å². The van der Waals surface area contributed by atoms with E-state index in [1.807, 2.05) is 6.92 Å². The minimum atomic E-state index is -4.57. The van der Waals surface area contributed by atoms with Crippen LogP contribution in [0.3, 0.4) is 0 Å². The predicted molar refractivity (Wildman–Crippen MR) is 108 cm³/mol. The van der Waals surface area contributed by atoms with Crippen molar-refractivity contribution in [2.24, 2.45) is 0 Å². The molecule has 0 fully saturated rings. The summed E-state index contributed by atoms with van der Waals surface area (Å²) in [6.45, 7) is 2.96. The van der Waals surface area contributed by atoms with E-state index in [9.17, 15) is 22.8 Å². The molecule has 0 amide bonds. The van der Waals surface area contributed by atoms with Gasteiger partial charge in [-0.3, -0.25) is 4.79 Å². The molecule has 0 aliphatic heterocycles. The highest BCUT2D eigenvalue weighted by Gasteiger charge is 2.31. The molecule has 0 saturated carbocycles. The summed E-state index contributed by atoms with van der Waals surface area (Å²) >= 11 is 1.39. The van der Waals surface area contributed by atoms with E-state index in [1.165, 1.54) is 17.8 Å². The van der Waals surface area contributed by atoms with Gasteiger partial charge in [-0.15, -0.1) is 11.8 Å². The number of carbonyl (C=O) groups excluding carboxylic acids is 2. The lowest BCUT2D eigenvalue weighted by Crippen LogP contribution is -2.16. The summed E-state index contributed by atoms with van der Waals surface area (Å²) in [6, 6.07) is 10.7. The maximum atomic E-state index is 12.8. The smallest absolute Gasteiger partial charge is 0.416 e. The lowest BCUT2D eigenvalue weighted by molar-refractivity contribution is -0.137. The number of carbonyl (C=O) groups is 2. The number of ketones is 1. The number of rotatable bonds is 7. The quantitative estimate of drug-likeness (QED) is 0.264. The van der Waals surface area contributed by atoms with Gasteiger partial charge in [0.2, 0.25) is 0 Å². The molecular formula is C22H18F3NO4S. The first-order valence-corrected chi connectivity index (χ1v) is 10.2. The predicted octanol–water partition coefficient (Wildman–Crippen LogP) is 5.64. The zero-order valence-electron chi connectivity index (χ0n) is 16.7. The van der Waals surface area contributed by atoms with Crippen LogP contribution in [0.5, 0.6) is 0 Å². The van der Waals surface area contributed by atoms with Crippen LogP contribution in [0.15, 0.2) is 57.9 Å². The van der Waals surface area contributed by atoms with Crippen LogP contribution >= 0.6 is 11.8 Å². The number of aryl methyl sites for hydroxylation is 2. The van der Waals surface area contributed by atoms with E-state index in [-0.39, 0.29) is 11.1 Å². The molecule has 0 bridgehead atoms. The Kier molecular flexibility index (Phi) is 6.84. The lowest BCUT2D eigenvalue weighted by atomic mass is 10.1. The highest BCUT2D eigenvalue weighted by atomic mass is 32.2. The Morgan fingerprint density at radius 3 is 2.52 bits per heavy atom. The van der Waals surface area contributed by atoms with Crippen LogP contribution in [0.4, 0.5) is 13.2 Å². The molecule has 1 heterocycles. The van der Waals surface area contributed by atoms with Crippen LogP contribution in [0.25, 0.3) is 0 Å². The third-order valence-electron chi connectivity index (χ3n) is 4.51. The first-order valence-electron chi connectivity index (χ1n) is 9.18. The number of thioether (sulfide) groups is 1. The number of nitrogens with zero attached hydrogens (tertiary/aromatic N) is 1. The minimum absolute atomic E-state index is 0.177. The maximum absolute atomic E-state index is 12.8. The van der Waals surface area contributed by atoms with Gasteiger partial charge in [-0.1, -0.05) is 29.4 Å². The van der Waals surface area contributed by atoms with Gasteiger partial charge in [-0.05, 0) is 38.1 Å². The van der Waals surface area contributed by atoms with Crippen molar-refractivity contribution in [3.63, 3.8) is 0 Å². The number of Topliss-reactive ketones (excluding diaryl/α,β-unsaturated/α-hetero) is 1. The number of hydrogen-bond acceptors (Lipinski definition) is 6. The summed E-state index contributed by atoms with van der Waals surface area (Å²) in [5.74, 6) is -0.242. The van der Waals surface area contributed by atoms with Crippen molar-refractivity contribution in [2.45, 2.75) is 30.7 Å². The lowest BCUT2D eigenvalue weighted by Gasteiger charge is -2.10. The number of alkyl halides is 3. The molecule has 0 saturated heterocycles. The van der Waals surface area contributed by atoms with Crippen molar-refractivity contribution in [1.82, 2.24) is 5.16 Å². The van der Waals surface area contributed by atoms with Crippen LogP contribution in [-0.4, -0.2) is 23.5 Å². The van der Waals surface area contributed by atoms with Gasteiger partial charge in [-0.25, -0.2) is 4.79 Å². The molecule has 2 aromatic carbocycles. The first-order chi connectivity index (χ1) is 14.7.